The smallest absolute Gasteiger partial charge is 0.251 e. The summed E-state index contributed by atoms with van der Waals surface area (Å²) in [6, 6.07) is 5.22. The van der Waals surface area contributed by atoms with Crippen LogP contribution in [0, 0.1) is 19.7 Å². The molecule has 146 valence electrons. The second-order valence-electron chi connectivity index (χ2n) is 6.61. The molecule has 3 aromatic rings. The highest BCUT2D eigenvalue weighted by molar-refractivity contribution is 7.09. The number of halogens is 1. The molecule has 0 unspecified atom stereocenters. The van der Waals surface area contributed by atoms with E-state index < -0.39 is 11.9 Å². The molecule has 0 aliphatic rings. The Labute approximate surface area is 166 Å². The fourth-order valence-electron chi connectivity index (χ4n) is 2.97. The zero-order valence-corrected chi connectivity index (χ0v) is 16.6. The molecule has 2 atom stereocenters. The maximum Gasteiger partial charge on any atom is 0.251 e. The van der Waals surface area contributed by atoms with Crippen molar-refractivity contribution in [1.82, 2.24) is 20.3 Å². The second kappa shape index (κ2) is 8.53. The molecular weight excluding hydrogens is 379 g/mol. The number of carbonyl (C=O) groups excluding carboxylic acids is 1. The Bertz CT molecular complexity index is 973. The van der Waals surface area contributed by atoms with Gasteiger partial charge in [-0.25, -0.2) is 19.3 Å². The summed E-state index contributed by atoms with van der Waals surface area (Å²) in [5, 5.41) is 13.0. The summed E-state index contributed by atoms with van der Waals surface area (Å²) in [5.74, 6) is -0.549. The molecule has 3 rings (SSSR count). The quantitative estimate of drug-likeness (QED) is 0.663. The van der Waals surface area contributed by atoms with Crippen molar-refractivity contribution >= 4 is 17.2 Å². The van der Waals surface area contributed by atoms with Gasteiger partial charge in [0.05, 0.1) is 29.7 Å². The number of amides is 1. The molecule has 0 saturated carbocycles. The Kier molecular flexibility index (Phi) is 6.11. The molecular formula is C20H21FN4O2S. The van der Waals surface area contributed by atoms with E-state index >= 15 is 0 Å². The SMILES string of the molecule is Cc1cc(-c2ncc(F)cn2)ccc1C(=O)NC[C@@H](c1scnc1C)[C@@H](C)O. The van der Waals surface area contributed by atoms with E-state index in [0.717, 1.165) is 28.5 Å². The normalized spacial score (nSPS) is 13.2. The number of aryl methyl sites for hydroxylation is 2. The monoisotopic (exact) mass is 400 g/mol. The van der Waals surface area contributed by atoms with Gasteiger partial charge in [0.1, 0.15) is 0 Å². The molecule has 2 N–H and O–H groups in total. The van der Waals surface area contributed by atoms with Crippen LogP contribution in [0.1, 0.15) is 39.3 Å². The van der Waals surface area contributed by atoms with Crippen molar-refractivity contribution in [2.24, 2.45) is 0 Å². The predicted molar refractivity (Wildman–Crippen MR) is 106 cm³/mol. The minimum Gasteiger partial charge on any atom is -0.393 e. The fourth-order valence-corrected chi connectivity index (χ4v) is 3.97. The summed E-state index contributed by atoms with van der Waals surface area (Å²) in [5.41, 5.74) is 4.59. The van der Waals surface area contributed by atoms with Crippen LogP contribution >= 0.6 is 11.3 Å². The minimum absolute atomic E-state index is 0.219. The lowest BCUT2D eigenvalue weighted by molar-refractivity contribution is 0.0936. The molecule has 0 aliphatic carbocycles. The number of nitrogens with zero attached hydrogens (tertiary/aromatic N) is 3. The van der Waals surface area contributed by atoms with Gasteiger partial charge in [-0.05, 0) is 38.5 Å². The van der Waals surface area contributed by atoms with E-state index in [9.17, 15) is 14.3 Å². The third-order valence-electron chi connectivity index (χ3n) is 4.53. The summed E-state index contributed by atoms with van der Waals surface area (Å²) >= 11 is 1.47. The summed E-state index contributed by atoms with van der Waals surface area (Å²) in [6.07, 6.45) is 1.60. The number of hydrogen-bond donors (Lipinski definition) is 2. The van der Waals surface area contributed by atoms with Crippen molar-refractivity contribution in [2.75, 3.05) is 6.54 Å². The zero-order chi connectivity index (χ0) is 20.3. The van der Waals surface area contributed by atoms with Gasteiger partial charge in [-0.1, -0.05) is 6.07 Å². The molecule has 0 bridgehead atoms. The van der Waals surface area contributed by atoms with Crippen molar-refractivity contribution < 1.29 is 14.3 Å². The molecule has 0 spiro atoms. The fraction of sp³-hybridized carbons (Fsp3) is 0.300. The molecule has 0 saturated heterocycles. The number of aliphatic hydroxyl groups is 1. The molecule has 1 aromatic carbocycles. The highest BCUT2D eigenvalue weighted by Gasteiger charge is 2.22. The molecule has 6 nitrogen and oxygen atoms in total. The first kappa shape index (κ1) is 20.0. The van der Waals surface area contributed by atoms with Crippen LogP contribution < -0.4 is 5.32 Å². The van der Waals surface area contributed by atoms with Gasteiger partial charge in [-0.15, -0.1) is 11.3 Å². The second-order valence-corrected chi connectivity index (χ2v) is 7.50. The Hall–Kier alpha value is -2.71. The topological polar surface area (TPSA) is 88.0 Å². The molecule has 2 aromatic heterocycles. The number of thiazole rings is 1. The van der Waals surface area contributed by atoms with E-state index in [0.29, 0.717) is 23.5 Å². The van der Waals surface area contributed by atoms with E-state index in [1.54, 1.807) is 30.6 Å². The summed E-state index contributed by atoms with van der Waals surface area (Å²) in [7, 11) is 0. The maximum absolute atomic E-state index is 13.0. The van der Waals surface area contributed by atoms with Crippen LogP contribution in [0.3, 0.4) is 0 Å². The molecule has 0 aliphatic heterocycles. The first-order valence-electron chi connectivity index (χ1n) is 8.81. The van der Waals surface area contributed by atoms with Crippen molar-refractivity contribution in [3.05, 3.63) is 63.6 Å². The van der Waals surface area contributed by atoms with E-state index in [2.05, 4.69) is 20.3 Å². The van der Waals surface area contributed by atoms with Gasteiger partial charge in [-0.2, -0.15) is 0 Å². The summed E-state index contributed by atoms with van der Waals surface area (Å²) in [6.45, 7) is 5.73. The number of hydrogen-bond acceptors (Lipinski definition) is 6. The van der Waals surface area contributed by atoms with E-state index in [1.807, 2.05) is 13.8 Å². The molecule has 28 heavy (non-hydrogen) atoms. The van der Waals surface area contributed by atoms with Gasteiger partial charge >= 0.3 is 0 Å². The largest absolute Gasteiger partial charge is 0.393 e. The summed E-state index contributed by atoms with van der Waals surface area (Å²) < 4.78 is 13.0. The number of carbonyl (C=O) groups is 1. The molecule has 1 amide bonds. The third-order valence-corrected chi connectivity index (χ3v) is 5.60. The average molecular weight is 400 g/mol. The number of aliphatic hydroxyl groups excluding tert-OH is 1. The average Bonchev–Trinajstić information content (AvgIpc) is 3.07. The highest BCUT2D eigenvalue weighted by Crippen LogP contribution is 2.26. The Morgan fingerprint density at radius 1 is 1.25 bits per heavy atom. The molecule has 2 heterocycles. The van der Waals surface area contributed by atoms with Crippen molar-refractivity contribution in [3.8, 4) is 11.4 Å². The van der Waals surface area contributed by atoms with Crippen LogP contribution in [-0.4, -0.2) is 38.6 Å². The van der Waals surface area contributed by atoms with Crippen molar-refractivity contribution in [3.63, 3.8) is 0 Å². The maximum atomic E-state index is 13.0. The third kappa shape index (κ3) is 4.40. The zero-order valence-electron chi connectivity index (χ0n) is 15.8. The van der Waals surface area contributed by atoms with Crippen LogP contribution in [0.15, 0.2) is 36.1 Å². The standard InChI is InChI=1S/C20H21FN4O2S/c1-11-6-14(19-22-7-15(21)8-23-19)4-5-16(11)20(27)24-9-17(13(3)26)18-12(2)25-10-28-18/h4-8,10,13,17,26H,9H2,1-3H3,(H,24,27)/t13-,17-/m1/s1. The van der Waals surface area contributed by atoms with Gasteiger partial charge in [0, 0.05) is 28.5 Å². The Balaban J connectivity index is 1.73. The highest BCUT2D eigenvalue weighted by atomic mass is 32.1. The van der Waals surface area contributed by atoms with E-state index in [1.165, 1.54) is 11.3 Å². The van der Waals surface area contributed by atoms with Gasteiger partial charge < -0.3 is 10.4 Å². The molecule has 0 fully saturated rings. The molecule has 8 heteroatoms. The minimum atomic E-state index is -0.612. The Morgan fingerprint density at radius 3 is 2.54 bits per heavy atom. The van der Waals surface area contributed by atoms with Crippen LogP contribution in [0.25, 0.3) is 11.4 Å². The first-order valence-corrected chi connectivity index (χ1v) is 9.69. The van der Waals surface area contributed by atoms with Crippen LogP contribution in [0.2, 0.25) is 0 Å². The van der Waals surface area contributed by atoms with Gasteiger partial charge in [-0.3, -0.25) is 4.79 Å². The van der Waals surface area contributed by atoms with E-state index in [4.69, 9.17) is 0 Å². The number of benzene rings is 1. The number of aromatic nitrogens is 3. The van der Waals surface area contributed by atoms with Crippen molar-refractivity contribution in [1.29, 1.82) is 0 Å². The van der Waals surface area contributed by atoms with E-state index in [-0.39, 0.29) is 11.8 Å². The van der Waals surface area contributed by atoms with Crippen LogP contribution in [0.4, 0.5) is 4.39 Å². The Morgan fingerprint density at radius 2 is 1.96 bits per heavy atom. The first-order chi connectivity index (χ1) is 13.4. The van der Waals surface area contributed by atoms with Crippen molar-refractivity contribution in [2.45, 2.75) is 32.8 Å². The lowest BCUT2D eigenvalue weighted by Crippen LogP contribution is -2.33. The number of rotatable bonds is 6. The van der Waals surface area contributed by atoms with Crippen LogP contribution in [0.5, 0.6) is 0 Å². The van der Waals surface area contributed by atoms with Gasteiger partial charge in [0.25, 0.3) is 5.91 Å². The lowest BCUT2D eigenvalue weighted by Gasteiger charge is -2.20. The summed E-state index contributed by atoms with van der Waals surface area (Å²) in [4.78, 5) is 25.8. The lowest BCUT2D eigenvalue weighted by atomic mass is 9.99. The molecule has 0 radical (unpaired) electrons. The van der Waals surface area contributed by atoms with Gasteiger partial charge in [0.15, 0.2) is 11.6 Å². The van der Waals surface area contributed by atoms with Crippen LogP contribution in [-0.2, 0) is 0 Å². The van der Waals surface area contributed by atoms with Gasteiger partial charge in [0.2, 0.25) is 0 Å². The number of nitrogens with one attached hydrogen (secondary N) is 1. The predicted octanol–water partition coefficient (Wildman–Crippen LogP) is 3.25.